The molecule has 0 spiro atoms. The van der Waals surface area contributed by atoms with Crippen LogP contribution in [0.2, 0.25) is 0 Å². The fourth-order valence-corrected chi connectivity index (χ4v) is 6.94. The van der Waals surface area contributed by atoms with Crippen molar-refractivity contribution in [1.29, 1.82) is 0 Å². The summed E-state index contributed by atoms with van der Waals surface area (Å²) in [6, 6.07) is 10.2. The average Bonchev–Trinajstić information content (AvgIpc) is 4.05. The van der Waals surface area contributed by atoms with E-state index in [-0.39, 0.29) is 12.4 Å². The van der Waals surface area contributed by atoms with Gasteiger partial charge in [-0.05, 0) is 36.8 Å². The van der Waals surface area contributed by atoms with Crippen LogP contribution in [0.1, 0.15) is 18.1 Å². The zero-order valence-corrected chi connectivity index (χ0v) is 30.5. The Morgan fingerprint density at radius 1 is 0.696 bits per heavy atom. The summed E-state index contributed by atoms with van der Waals surface area (Å²) in [4.78, 5) is 22.7. The van der Waals surface area contributed by atoms with Crippen LogP contribution in [0, 0.1) is 5.82 Å². The molecule has 0 saturated carbocycles. The van der Waals surface area contributed by atoms with Crippen molar-refractivity contribution in [2.24, 2.45) is 5.73 Å². The summed E-state index contributed by atoms with van der Waals surface area (Å²) in [7, 11) is 0. The van der Waals surface area contributed by atoms with Gasteiger partial charge in [-0.25, -0.2) is 28.4 Å². The molecule has 0 radical (unpaired) electrons. The van der Waals surface area contributed by atoms with E-state index in [2.05, 4.69) is 56.2 Å². The molecular weight excluding hydrogens is 718 g/mol. The number of rotatable bonds is 12. The Morgan fingerprint density at radius 3 is 1.98 bits per heavy atom. The van der Waals surface area contributed by atoms with Crippen molar-refractivity contribution in [2.45, 2.75) is 25.6 Å². The minimum atomic E-state index is -0.859. The molecule has 56 heavy (non-hydrogen) atoms. The van der Waals surface area contributed by atoms with Crippen molar-refractivity contribution in [2.75, 3.05) is 49.2 Å². The van der Waals surface area contributed by atoms with Crippen molar-refractivity contribution >= 4 is 22.8 Å². The molecule has 17 nitrogen and oxygen atoms in total. The fourth-order valence-electron chi connectivity index (χ4n) is 6.94. The predicted molar refractivity (Wildman–Crippen MR) is 204 cm³/mol. The number of aliphatic hydroxyl groups excluding tert-OH is 1. The van der Waals surface area contributed by atoms with E-state index >= 15 is 0 Å². The quantitative estimate of drug-likeness (QED) is 0.186. The first-order valence-electron chi connectivity index (χ1n) is 18.2. The lowest BCUT2D eigenvalue weighted by atomic mass is 9.87. The van der Waals surface area contributed by atoms with Gasteiger partial charge in [0.05, 0.1) is 37.6 Å². The van der Waals surface area contributed by atoms with Gasteiger partial charge >= 0.3 is 0 Å². The highest BCUT2D eigenvalue weighted by molar-refractivity contribution is 5.77. The van der Waals surface area contributed by atoms with Crippen molar-refractivity contribution in [1.82, 2.24) is 58.7 Å². The van der Waals surface area contributed by atoms with Crippen LogP contribution in [0.4, 0.5) is 16.2 Å². The standard InChI is InChI=1S/C38H38FN15O2/c1-38(40,30-2-4-32(39)5-3-30)31-18-41-37(42-19-31)50-8-6-49(7-9-50)35-33-14-26(22-53(33)47-24-43-35)29-17-46-52(21-29)11-13-56-36-34-15-27(23-54(34)48-25-44-36)28-16-45-51(20-28)10-12-55/h2-5,14-25,55H,6-13,40H2,1H3/t38-/m0/s1. The minimum absolute atomic E-state index is 0.0191. The third kappa shape index (κ3) is 6.75. The highest BCUT2D eigenvalue weighted by Gasteiger charge is 2.27. The van der Waals surface area contributed by atoms with Crippen LogP contribution in [-0.2, 0) is 18.6 Å². The molecule has 0 unspecified atom stereocenters. The van der Waals surface area contributed by atoms with Crippen molar-refractivity contribution < 1.29 is 14.2 Å². The van der Waals surface area contributed by atoms with Gasteiger partial charge in [-0.15, -0.1) is 0 Å². The molecular formula is C38H38FN15O2. The van der Waals surface area contributed by atoms with E-state index in [0.29, 0.717) is 44.6 Å². The van der Waals surface area contributed by atoms with Gasteiger partial charge < -0.3 is 25.4 Å². The largest absolute Gasteiger partial charge is 0.474 e. The lowest BCUT2D eigenvalue weighted by molar-refractivity contribution is 0.269. The molecule has 3 N–H and O–H groups in total. The Morgan fingerprint density at radius 2 is 1.30 bits per heavy atom. The van der Waals surface area contributed by atoms with Crippen LogP contribution >= 0.6 is 0 Å². The summed E-state index contributed by atoms with van der Waals surface area (Å²) in [5.41, 5.74) is 12.7. The number of aromatic nitrogens is 12. The summed E-state index contributed by atoms with van der Waals surface area (Å²) in [6.45, 7) is 6.03. The third-order valence-corrected chi connectivity index (χ3v) is 10.1. The Bertz CT molecular complexity index is 2600. The lowest BCUT2D eigenvalue weighted by Crippen LogP contribution is -2.47. The lowest BCUT2D eigenvalue weighted by Gasteiger charge is -2.35. The molecule has 1 aliphatic heterocycles. The molecule has 1 fully saturated rings. The zero-order chi connectivity index (χ0) is 38.2. The second kappa shape index (κ2) is 14.5. The first kappa shape index (κ1) is 34.9. The van der Waals surface area contributed by atoms with Gasteiger partial charge in [-0.3, -0.25) is 9.36 Å². The van der Waals surface area contributed by atoms with Gasteiger partial charge in [0.25, 0.3) is 0 Å². The molecule has 0 bridgehead atoms. The van der Waals surface area contributed by atoms with E-state index in [4.69, 9.17) is 10.5 Å². The van der Waals surface area contributed by atoms with Gasteiger partial charge in [0.15, 0.2) is 5.82 Å². The summed E-state index contributed by atoms with van der Waals surface area (Å²) in [5, 5.41) is 26.9. The molecule has 0 aliphatic carbocycles. The first-order valence-corrected chi connectivity index (χ1v) is 18.2. The number of piperazine rings is 1. The van der Waals surface area contributed by atoms with Gasteiger partial charge in [-0.1, -0.05) is 12.1 Å². The van der Waals surface area contributed by atoms with Gasteiger partial charge in [-0.2, -0.15) is 25.4 Å². The number of hydrogen-bond acceptors (Lipinski definition) is 13. The highest BCUT2D eigenvalue weighted by atomic mass is 19.1. The number of nitrogens with two attached hydrogens (primary N) is 1. The Labute approximate surface area is 319 Å². The maximum Gasteiger partial charge on any atom is 0.241 e. The number of ether oxygens (including phenoxy) is 1. The summed E-state index contributed by atoms with van der Waals surface area (Å²) < 4.78 is 26.7. The topological polar surface area (TPSA) is 184 Å². The first-order chi connectivity index (χ1) is 27.3. The second-order valence-electron chi connectivity index (χ2n) is 13.8. The molecule has 1 atom stereocenters. The molecule has 9 rings (SSSR count). The SMILES string of the molecule is C[C@](N)(c1ccc(F)cc1)c1cnc(N2CCN(c3ncnn4cc(-c5cnn(CCOc6ncnn7cc(-c8cnn(CCO)c8)cc67)c5)cc34)CC2)nc1. The van der Waals surface area contributed by atoms with Gasteiger partial charge in [0.2, 0.25) is 11.8 Å². The normalized spacial score (nSPS) is 14.5. The highest BCUT2D eigenvalue weighted by Crippen LogP contribution is 2.30. The molecule has 8 heterocycles. The number of nitrogens with zero attached hydrogens (tertiary/aromatic N) is 14. The molecule has 8 aromatic rings. The average molecular weight is 756 g/mol. The van der Waals surface area contributed by atoms with Crippen LogP contribution in [0.5, 0.6) is 5.88 Å². The van der Waals surface area contributed by atoms with Crippen LogP contribution in [0.15, 0.2) is 98.6 Å². The van der Waals surface area contributed by atoms with Crippen molar-refractivity contribution in [3.05, 3.63) is 116 Å². The second-order valence-corrected chi connectivity index (χ2v) is 13.8. The van der Waals surface area contributed by atoms with Crippen molar-refractivity contribution in [3.63, 3.8) is 0 Å². The number of hydrogen-bond donors (Lipinski definition) is 2. The number of aliphatic hydroxyl groups is 1. The molecule has 1 aromatic carbocycles. The molecule has 1 saturated heterocycles. The van der Waals surface area contributed by atoms with Gasteiger partial charge in [0, 0.05) is 91.2 Å². The van der Waals surface area contributed by atoms with E-state index in [1.54, 1.807) is 46.2 Å². The monoisotopic (exact) mass is 755 g/mol. The fraction of sp³-hybridized carbons (Fsp3) is 0.263. The van der Waals surface area contributed by atoms with Crippen LogP contribution < -0.4 is 20.3 Å². The zero-order valence-electron chi connectivity index (χ0n) is 30.5. The van der Waals surface area contributed by atoms with E-state index in [1.807, 2.05) is 53.2 Å². The maximum absolute atomic E-state index is 13.5. The number of benzene rings is 1. The molecule has 284 valence electrons. The molecule has 1 aliphatic rings. The summed E-state index contributed by atoms with van der Waals surface area (Å²) in [5.74, 6) is 1.64. The Balaban J connectivity index is 0.829. The number of halogens is 1. The van der Waals surface area contributed by atoms with Crippen LogP contribution in [0.25, 0.3) is 33.3 Å². The van der Waals surface area contributed by atoms with E-state index < -0.39 is 5.54 Å². The smallest absolute Gasteiger partial charge is 0.241 e. The molecule has 0 amide bonds. The third-order valence-electron chi connectivity index (χ3n) is 10.1. The van der Waals surface area contributed by atoms with E-state index in [0.717, 1.165) is 63.3 Å². The predicted octanol–water partition coefficient (Wildman–Crippen LogP) is 3.05. The molecule has 18 heteroatoms. The van der Waals surface area contributed by atoms with E-state index in [1.165, 1.54) is 18.5 Å². The number of anilines is 2. The summed E-state index contributed by atoms with van der Waals surface area (Å²) >= 11 is 0. The van der Waals surface area contributed by atoms with Crippen LogP contribution in [0.3, 0.4) is 0 Å². The summed E-state index contributed by atoms with van der Waals surface area (Å²) in [6.07, 6.45) is 17.9. The van der Waals surface area contributed by atoms with E-state index in [9.17, 15) is 9.50 Å². The van der Waals surface area contributed by atoms with Gasteiger partial charge in [0.1, 0.15) is 36.1 Å². The van der Waals surface area contributed by atoms with Crippen molar-refractivity contribution in [3.8, 4) is 28.1 Å². The molecule has 7 aromatic heterocycles. The number of fused-ring (bicyclic) bond motifs is 2. The van der Waals surface area contributed by atoms with Crippen LogP contribution in [-0.4, -0.2) is 103 Å². The minimum Gasteiger partial charge on any atom is -0.474 e. The maximum atomic E-state index is 13.5. The Hall–Kier alpha value is -6.79. The Kier molecular flexibility index (Phi) is 9.02.